The van der Waals surface area contributed by atoms with E-state index < -0.39 is 6.10 Å². The van der Waals surface area contributed by atoms with E-state index >= 15 is 0 Å². The van der Waals surface area contributed by atoms with Crippen molar-refractivity contribution >= 4 is 0 Å². The van der Waals surface area contributed by atoms with E-state index in [0.29, 0.717) is 6.54 Å². The molecule has 1 atom stereocenters. The second-order valence-electron chi connectivity index (χ2n) is 4.07. The monoisotopic (exact) mass is 223 g/mol. The van der Waals surface area contributed by atoms with Crippen molar-refractivity contribution in [2.24, 2.45) is 0 Å². The highest BCUT2D eigenvalue weighted by Gasteiger charge is 2.27. The first-order valence-electron chi connectivity index (χ1n) is 5.27. The maximum absolute atomic E-state index is 10.1. The number of aliphatic hydroxyl groups excluding tert-OH is 1. The summed E-state index contributed by atoms with van der Waals surface area (Å²) in [6.45, 7) is 1.39. The van der Waals surface area contributed by atoms with E-state index in [2.05, 4.69) is 4.90 Å². The van der Waals surface area contributed by atoms with Gasteiger partial charge in [-0.05, 0) is 19.2 Å². The number of β-amino-alcohol motifs (C(OH)–C–C–N with tert-alkyl or cyclic N) is 1. The van der Waals surface area contributed by atoms with Crippen molar-refractivity contribution in [3.63, 3.8) is 0 Å². The number of rotatable bonds is 2. The highest BCUT2D eigenvalue weighted by molar-refractivity contribution is 5.51. The smallest absolute Gasteiger partial charge is 0.125 e. The van der Waals surface area contributed by atoms with Crippen LogP contribution in [0.4, 0.5) is 0 Å². The van der Waals surface area contributed by atoms with E-state index in [0.717, 1.165) is 29.2 Å². The van der Waals surface area contributed by atoms with Gasteiger partial charge in [0.25, 0.3) is 0 Å². The Morgan fingerprint density at radius 3 is 2.50 bits per heavy atom. The summed E-state index contributed by atoms with van der Waals surface area (Å²) in [5.41, 5.74) is 1.88. The Kier molecular flexibility index (Phi) is 3.03. The number of hydrogen-bond donors (Lipinski definition) is 1. The molecule has 0 saturated carbocycles. The van der Waals surface area contributed by atoms with Crippen molar-refractivity contribution < 1.29 is 14.6 Å². The van der Waals surface area contributed by atoms with Gasteiger partial charge < -0.3 is 14.6 Å². The van der Waals surface area contributed by atoms with E-state index in [1.54, 1.807) is 14.2 Å². The molecule has 1 aromatic rings. The molecule has 1 unspecified atom stereocenters. The highest BCUT2D eigenvalue weighted by atomic mass is 16.5. The Morgan fingerprint density at radius 1 is 1.25 bits per heavy atom. The Hall–Kier alpha value is -1.26. The lowest BCUT2D eigenvalue weighted by Gasteiger charge is -2.31. The Morgan fingerprint density at radius 2 is 1.88 bits per heavy atom. The summed E-state index contributed by atoms with van der Waals surface area (Å²) in [5.74, 6) is 1.54. The molecule has 0 saturated heterocycles. The second kappa shape index (κ2) is 4.31. The van der Waals surface area contributed by atoms with Gasteiger partial charge >= 0.3 is 0 Å². The predicted octanol–water partition coefficient (Wildman–Crippen LogP) is 1.18. The lowest BCUT2D eigenvalue weighted by molar-refractivity contribution is 0.103. The number of ether oxygens (including phenoxy) is 2. The Bertz CT molecular complexity index is 392. The third kappa shape index (κ3) is 1.74. The molecule has 1 heterocycles. The van der Waals surface area contributed by atoms with Gasteiger partial charge in [0.2, 0.25) is 0 Å². The molecular formula is C12H17NO3. The Labute approximate surface area is 95.4 Å². The van der Waals surface area contributed by atoms with Crippen LogP contribution in [0.3, 0.4) is 0 Å². The number of methoxy groups -OCH3 is 2. The van der Waals surface area contributed by atoms with E-state index in [1.165, 1.54) is 0 Å². The van der Waals surface area contributed by atoms with E-state index in [-0.39, 0.29) is 0 Å². The topological polar surface area (TPSA) is 41.9 Å². The fourth-order valence-electron chi connectivity index (χ4n) is 2.24. The average molecular weight is 223 g/mol. The first-order chi connectivity index (χ1) is 7.67. The van der Waals surface area contributed by atoms with Crippen molar-refractivity contribution in [3.8, 4) is 11.5 Å². The number of fused-ring (bicyclic) bond motifs is 1. The number of likely N-dealkylation sites (N-methyl/N-ethyl adjacent to an activating group) is 1. The summed E-state index contributed by atoms with van der Waals surface area (Å²) in [7, 11) is 5.24. The molecular weight excluding hydrogens is 206 g/mol. The third-order valence-corrected chi connectivity index (χ3v) is 2.96. The molecule has 4 nitrogen and oxygen atoms in total. The maximum atomic E-state index is 10.1. The van der Waals surface area contributed by atoms with Gasteiger partial charge in [-0.1, -0.05) is 0 Å². The molecule has 1 N–H and O–H groups in total. The van der Waals surface area contributed by atoms with Crippen molar-refractivity contribution in [1.29, 1.82) is 0 Å². The molecule has 2 rings (SSSR count). The molecule has 1 aliphatic heterocycles. The molecule has 0 aromatic heterocycles. The molecule has 88 valence electrons. The van der Waals surface area contributed by atoms with Crippen molar-refractivity contribution in [3.05, 3.63) is 23.3 Å². The molecule has 0 aliphatic carbocycles. The van der Waals surface area contributed by atoms with E-state index in [9.17, 15) is 5.11 Å². The minimum absolute atomic E-state index is 0.515. The van der Waals surface area contributed by atoms with Gasteiger partial charge in [0.05, 0.1) is 20.3 Å². The minimum Gasteiger partial charge on any atom is -0.496 e. The fraction of sp³-hybridized carbons (Fsp3) is 0.500. The maximum Gasteiger partial charge on any atom is 0.125 e. The van der Waals surface area contributed by atoms with Gasteiger partial charge in [-0.3, -0.25) is 4.90 Å². The molecule has 0 fully saturated rings. The van der Waals surface area contributed by atoms with Crippen LogP contribution >= 0.6 is 0 Å². The average Bonchev–Trinajstić information content (AvgIpc) is 2.27. The van der Waals surface area contributed by atoms with E-state index in [1.807, 2.05) is 19.2 Å². The zero-order chi connectivity index (χ0) is 11.7. The molecule has 16 heavy (non-hydrogen) atoms. The van der Waals surface area contributed by atoms with Gasteiger partial charge in [0.15, 0.2) is 0 Å². The molecule has 4 heteroatoms. The summed E-state index contributed by atoms with van der Waals surface area (Å²) >= 11 is 0. The summed E-state index contributed by atoms with van der Waals surface area (Å²) in [6.07, 6.45) is -0.515. The van der Waals surface area contributed by atoms with Gasteiger partial charge in [0.1, 0.15) is 11.5 Å². The van der Waals surface area contributed by atoms with Crippen LogP contribution in [0.25, 0.3) is 0 Å². The Balaban J connectivity index is 2.56. The molecule has 0 bridgehead atoms. The normalized spacial score (nSPS) is 20.4. The lowest BCUT2D eigenvalue weighted by atomic mass is 9.95. The molecule has 0 radical (unpaired) electrons. The SMILES string of the molecule is COc1ccc(OC)c2c1CN(C)CC2O. The largest absolute Gasteiger partial charge is 0.496 e. The zero-order valence-corrected chi connectivity index (χ0v) is 9.86. The van der Waals surface area contributed by atoms with Crippen molar-refractivity contribution in [2.45, 2.75) is 12.6 Å². The number of benzene rings is 1. The highest BCUT2D eigenvalue weighted by Crippen LogP contribution is 2.38. The third-order valence-electron chi connectivity index (χ3n) is 2.96. The van der Waals surface area contributed by atoms with E-state index in [4.69, 9.17) is 9.47 Å². The van der Waals surface area contributed by atoms with Crippen molar-refractivity contribution in [1.82, 2.24) is 4.90 Å². The van der Waals surface area contributed by atoms with Crippen LogP contribution in [0.15, 0.2) is 12.1 Å². The van der Waals surface area contributed by atoms with Crippen LogP contribution in [0.1, 0.15) is 17.2 Å². The van der Waals surface area contributed by atoms with Crippen LogP contribution in [-0.2, 0) is 6.54 Å². The molecule has 1 aliphatic rings. The second-order valence-corrected chi connectivity index (χ2v) is 4.07. The quantitative estimate of drug-likeness (QED) is 0.817. The van der Waals surface area contributed by atoms with Gasteiger partial charge in [-0.2, -0.15) is 0 Å². The zero-order valence-electron chi connectivity index (χ0n) is 9.86. The molecule has 0 amide bonds. The van der Waals surface area contributed by atoms with Gasteiger partial charge in [-0.25, -0.2) is 0 Å². The number of hydrogen-bond acceptors (Lipinski definition) is 4. The predicted molar refractivity (Wildman–Crippen MR) is 60.8 cm³/mol. The van der Waals surface area contributed by atoms with Crippen LogP contribution in [-0.4, -0.2) is 37.8 Å². The van der Waals surface area contributed by atoms with Crippen LogP contribution in [0.2, 0.25) is 0 Å². The van der Waals surface area contributed by atoms with Gasteiger partial charge in [-0.15, -0.1) is 0 Å². The summed E-state index contributed by atoms with van der Waals surface area (Å²) < 4.78 is 10.6. The van der Waals surface area contributed by atoms with Crippen LogP contribution in [0, 0.1) is 0 Å². The minimum atomic E-state index is -0.515. The summed E-state index contributed by atoms with van der Waals surface area (Å²) in [4.78, 5) is 2.06. The number of nitrogens with zero attached hydrogens (tertiary/aromatic N) is 1. The molecule has 0 spiro atoms. The van der Waals surface area contributed by atoms with Crippen LogP contribution in [0.5, 0.6) is 11.5 Å². The fourth-order valence-corrected chi connectivity index (χ4v) is 2.24. The van der Waals surface area contributed by atoms with Gasteiger partial charge in [0, 0.05) is 24.2 Å². The first kappa shape index (κ1) is 11.2. The summed E-state index contributed by atoms with van der Waals surface area (Å²) in [6, 6.07) is 3.72. The standard InChI is InChI=1S/C12H17NO3/c1-13-6-8-10(15-2)4-5-11(16-3)12(8)9(14)7-13/h4-5,9,14H,6-7H2,1-3H3. The van der Waals surface area contributed by atoms with Crippen LogP contribution < -0.4 is 9.47 Å². The number of aliphatic hydroxyl groups is 1. The summed E-state index contributed by atoms with van der Waals surface area (Å²) in [5, 5.41) is 10.1. The lowest BCUT2D eigenvalue weighted by Crippen LogP contribution is -2.31. The molecule has 1 aromatic carbocycles. The first-order valence-corrected chi connectivity index (χ1v) is 5.27. The van der Waals surface area contributed by atoms with Crippen molar-refractivity contribution in [2.75, 3.05) is 27.8 Å².